The molecule has 130 valence electrons. The molecule has 1 unspecified atom stereocenters. The Bertz CT molecular complexity index is 494. The summed E-state index contributed by atoms with van der Waals surface area (Å²) in [6.07, 6.45) is 1.07. The number of hydrogen-bond donors (Lipinski definition) is 3. The zero-order chi connectivity index (χ0) is 16.6. The third kappa shape index (κ3) is 8.57. The molecule has 0 aliphatic carbocycles. The molecule has 1 aromatic rings. The van der Waals surface area contributed by atoms with Gasteiger partial charge in [-0.3, -0.25) is 9.59 Å². The van der Waals surface area contributed by atoms with Crippen molar-refractivity contribution in [1.82, 2.24) is 10.6 Å². The highest BCUT2D eigenvalue weighted by Gasteiger charge is 2.25. The number of nitrogens with two attached hydrogens (primary N) is 1. The quantitative estimate of drug-likeness (QED) is 0.672. The largest absolute Gasteiger partial charge is 0.348 e. The molecule has 0 aromatic heterocycles. The second kappa shape index (κ2) is 10.2. The lowest BCUT2D eigenvalue weighted by molar-refractivity contribution is -0.126. The minimum atomic E-state index is -0.435. The molecule has 1 rings (SSSR count). The predicted octanol–water partition coefficient (Wildman–Crippen LogP) is 1.65. The molecule has 23 heavy (non-hydrogen) atoms. The number of rotatable bonds is 8. The topological polar surface area (TPSA) is 84.2 Å². The number of carbonyl (C=O) groups excluding carboxylic acids is 2. The second-order valence-corrected chi connectivity index (χ2v) is 6.35. The number of benzene rings is 1. The molecule has 1 aromatic carbocycles. The Labute approximate surface area is 144 Å². The van der Waals surface area contributed by atoms with Gasteiger partial charge in [-0.2, -0.15) is 0 Å². The molecule has 0 radical (unpaired) electrons. The van der Waals surface area contributed by atoms with Crippen LogP contribution in [0, 0.1) is 5.92 Å². The van der Waals surface area contributed by atoms with E-state index in [-0.39, 0.29) is 37.2 Å². The first kappa shape index (κ1) is 21.4. The molecule has 0 aliphatic heterocycles. The lowest BCUT2D eigenvalue weighted by atomic mass is 9.91. The van der Waals surface area contributed by atoms with E-state index in [4.69, 9.17) is 5.73 Å². The highest BCUT2D eigenvalue weighted by atomic mass is 35.5. The van der Waals surface area contributed by atoms with Gasteiger partial charge in [-0.05, 0) is 24.8 Å². The van der Waals surface area contributed by atoms with Gasteiger partial charge >= 0.3 is 0 Å². The van der Waals surface area contributed by atoms with Crippen LogP contribution >= 0.6 is 12.4 Å². The van der Waals surface area contributed by atoms with Gasteiger partial charge < -0.3 is 16.4 Å². The van der Waals surface area contributed by atoms with Crippen LogP contribution in [0.25, 0.3) is 0 Å². The Balaban J connectivity index is 0.00000484. The van der Waals surface area contributed by atoms with E-state index in [0.717, 1.165) is 12.0 Å². The highest BCUT2D eigenvalue weighted by Crippen LogP contribution is 2.14. The van der Waals surface area contributed by atoms with Crippen molar-refractivity contribution in [2.24, 2.45) is 11.7 Å². The standard InChI is InChI=1S/C17H27N3O2.ClH/c1-13(2)10-17(3,12-18)20-16(22)11-19-15(21)9-14-7-5-4-6-8-14;/h4-8,13H,9-12,18H2,1-3H3,(H,19,21)(H,20,22);1H. The van der Waals surface area contributed by atoms with E-state index in [1.807, 2.05) is 37.3 Å². The summed E-state index contributed by atoms with van der Waals surface area (Å²) in [5.74, 6) is 0.0520. The van der Waals surface area contributed by atoms with Crippen LogP contribution in [0.2, 0.25) is 0 Å². The van der Waals surface area contributed by atoms with Crippen LogP contribution in [-0.4, -0.2) is 30.4 Å². The Morgan fingerprint density at radius 2 is 1.78 bits per heavy atom. The van der Waals surface area contributed by atoms with Crippen LogP contribution in [0.3, 0.4) is 0 Å². The van der Waals surface area contributed by atoms with Gasteiger partial charge in [0.05, 0.1) is 13.0 Å². The number of carbonyl (C=O) groups is 2. The molecule has 5 nitrogen and oxygen atoms in total. The SMILES string of the molecule is CC(C)CC(C)(CN)NC(=O)CNC(=O)Cc1ccccc1.Cl. The van der Waals surface area contributed by atoms with Crippen molar-refractivity contribution in [3.63, 3.8) is 0 Å². The number of halogens is 1. The summed E-state index contributed by atoms with van der Waals surface area (Å²) in [5, 5.41) is 5.55. The first-order valence-corrected chi connectivity index (χ1v) is 7.66. The van der Waals surface area contributed by atoms with Crippen LogP contribution in [0.15, 0.2) is 30.3 Å². The second-order valence-electron chi connectivity index (χ2n) is 6.35. The van der Waals surface area contributed by atoms with Gasteiger partial charge in [0.1, 0.15) is 0 Å². The smallest absolute Gasteiger partial charge is 0.239 e. The zero-order valence-corrected chi connectivity index (χ0v) is 14.9. The van der Waals surface area contributed by atoms with Gasteiger partial charge in [0.25, 0.3) is 0 Å². The van der Waals surface area contributed by atoms with E-state index in [1.165, 1.54) is 0 Å². The van der Waals surface area contributed by atoms with Gasteiger partial charge in [-0.1, -0.05) is 44.2 Å². The molecule has 0 bridgehead atoms. The molecule has 1 atom stereocenters. The Kier molecular flexibility index (Phi) is 9.53. The summed E-state index contributed by atoms with van der Waals surface area (Å²) in [5.41, 5.74) is 6.25. The number of amides is 2. The average molecular weight is 342 g/mol. The molecule has 2 amide bonds. The Hall–Kier alpha value is -1.59. The summed E-state index contributed by atoms with van der Waals surface area (Å²) >= 11 is 0. The fourth-order valence-corrected chi connectivity index (χ4v) is 2.49. The summed E-state index contributed by atoms with van der Waals surface area (Å²) < 4.78 is 0. The van der Waals surface area contributed by atoms with Crippen molar-refractivity contribution in [2.75, 3.05) is 13.1 Å². The summed E-state index contributed by atoms with van der Waals surface area (Å²) in [7, 11) is 0. The van der Waals surface area contributed by atoms with E-state index in [0.29, 0.717) is 12.5 Å². The molecule has 0 aliphatic rings. The maximum atomic E-state index is 12.0. The normalized spacial score (nSPS) is 12.9. The molecule has 0 saturated carbocycles. The summed E-state index contributed by atoms with van der Waals surface area (Å²) in [6, 6.07) is 9.43. The fourth-order valence-electron chi connectivity index (χ4n) is 2.49. The van der Waals surface area contributed by atoms with Gasteiger partial charge in [0.15, 0.2) is 0 Å². The third-order valence-electron chi connectivity index (χ3n) is 3.40. The molecule has 0 fully saturated rings. The van der Waals surface area contributed by atoms with E-state index in [1.54, 1.807) is 0 Å². The summed E-state index contributed by atoms with van der Waals surface area (Å²) in [6.45, 7) is 6.44. The van der Waals surface area contributed by atoms with Crippen molar-refractivity contribution in [2.45, 2.75) is 39.2 Å². The van der Waals surface area contributed by atoms with Crippen molar-refractivity contribution in [3.05, 3.63) is 35.9 Å². The zero-order valence-electron chi connectivity index (χ0n) is 14.1. The molecule has 0 saturated heterocycles. The van der Waals surface area contributed by atoms with Crippen LogP contribution in [0.4, 0.5) is 0 Å². The minimum absolute atomic E-state index is 0. The van der Waals surface area contributed by atoms with Crippen molar-refractivity contribution in [3.8, 4) is 0 Å². The van der Waals surface area contributed by atoms with Crippen molar-refractivity contribution >= 4 is 24.2 Å². The van der Waals surface area contributed by atoms with E-state index in [9.17, 15) is 9.59 Å². The maximum absolute atomic E-state index is 12.0. The molecule has 0 spiro atoms. The van der Waals surface area contributed by atoms with Crippen molar-refractivity contribution in [1.29, 1.82) is 0 Å². The Morgan fingerprint density at radius 1 is 1.17 bits per heavy atom. The van der Waals surface area contributed by atoms with Crippen molar-refractivity contribution < 1.29 is 9.59 Å². The fraction of sp³-hybridized carbons (Fsp3) is 0.529. The van der Waals surface area contributed by atoms with Crippen LogP contribution in [-0.2, 0) is 16.0 Å². The van der Waals surface area contributed by atoms with Crippen LogP contribution < -0.4 is 16.4 Å². The van der Waals surface area contributed by atoms with Gasteiger partial charge in [-0.25, -0.2) is 0 Å². The van der Waals surface area contributed by atoms with E-state index < -0.39 is 5.54 Å². The van der Waals surface area contributed by atoms with Gasteiger partial charge in [0.2, 0.25) is 11.8 Å². The summed E-state index contributed by atoms with van der Waals surface area (Å²) in [4.78, 5) is 23.8. The maximum Gasteiger partial charge on any atom is 0.239 e. The number of nitrogens with one attached hydrogen (secondary N) is 2. The third-order valence-corrected chi connectivity index (χ3v) is 3.40. The lowest BCUT2D eigenvalue weighted by Crippen LogP contribution is -2.54. The van der Waals surface area contributed by atoms with Crippen LogP contribution in [0.1, 0.15) is 32.8 Å². The lowest BCUT2D eigenvalue weighted by Gasteiger charge is -2.31. The van der Waals surface area contributed by atoms with Gasteiger partial charge in [0, 0.05) is 12.1 Å². The Morgan fingerprint density at radius 3 is 2.30 bits per heavy atom. The van der Waals surface area contributed by atoms with E-state index in [2.05, 4.69) is 24.5 Å². The molecular formula is C17H28ClN3O2. The average Bonchev–Trinajstić information content (AvgIpc) is 2.45. The molecular weight excluding hydrogens is 314 g/mol. The monoisotopic (exact) mass is 341 g/mol. The molecule has 0 heterocycles. The first-order chi connectivity index (χ1) is 10.3. The minimum Gasteiger partial charge on any atom is -0.348 e. The molecule has 6 heteroatoms. The predicted molar refractivity (Wildman–Crippen MR) is 95.5 cm³/mol. The highest BCUT2D eigenvalue weighted by molar-refractivity contribution is 5.86. The number of hydrogen-bond acceptors (Lipinski definition) is 3. The molecule has 4 N–H and O–H groups in total. The van der Waals surface area contributed by atoms with Gasteiger partial charge in [-0.15, -0.1) is 12.4 Å². The van der Waals surface area contributed by atoms with Crippen LogP contribution in [0.5, 0.6) is 0 Å². The van der Waals surface area contributed by atoms with E-state index >= 15 is 0 Å². The first-order valence-electron chi connectivity index (χ1n) is 7.66.